The minimum absolute atomic E-state index is 0.0730. The van der Waals surface area contributed by atoms with Crippen molar-refractivity contribution in [1.29, 1.82) is 0 Å². The summed E-state index contributed by atoms with van der Waals surface area (Å²) in [6, 6.07) is 0. The molecule has 0 bridgehead atoms. The molecule has 3 heteroatoms. The highest BCUT2D eigenvalue weighted by Gasteiger charge is 2.25. The lowest BCUT2D eigenvalue weighted by Gasteiger charge is -2.32. The standard InChI is InChI=1S/C11H19NO2/c1-8(2)11(14)12-6-4-10(5-7-12)9(3)13/h8,10,13H,3-7H2,1-2H3. The van der Waals surface area contributed by atoms with Gasteiger partial charge < -0.3 is 10.0 Å². The Bertz CT molecular complexity index is 227. The van der Waals surface area contributed by atoms with E-state index in [2.05, 4.69) is 6.58 Å². The fourth-order valence-corrected chi connectivity index (χ4v) is 1.80. The number of likely N-dealkylation sites (tertiary alicyclic amines) is 1. The van der Waals surface area contributed by atoms with E-state index in [4.69, 9.17) is 0 Å². The van der Waals surface area contributed by atoms with Crippen LogP contribution in [0.3, 0.4) is 0 Å². The van der Waals surface area contributed by atoms with Crippen LogP contribution in [0.1, 0.15) is 26.7 Å². The maximum absolute atomic E-state index is 11.6. The van der Waals surface area contributed by atoms with E-state index in [-0.39, 0.29) is 23.5 Å². The second-order valence-electron chi connectivity index (χ2n) is 4.25. The second kappa shape index (κ2) is 4.49. The minimum atomic E-state index is 0.0730. The first-order valence-electron chi connectivity index (χ1n) is 5.19. The highest BCUT2D eigenvalue weighted by atomic mass is 16.3. The number of allylic oxidation sites excluding steroid dienone is 1. The first-order chi connectivity index (χ1) is 6.52. The highest BCUT2D eigenvalue weighted by Crippen LogP contribution is 2.22. The van der Waals surface area contributed by atoms with Crippen LogP contribution in [0.5, 0.6) is 0 Å². The zero-order valence-corrected chi connectivity index (χ0v) is 8.99. The molecule has 14 heavy (non-hydrogen) atoms. The summed E-state index contributed by atoms with van der Waals surface area (Å²) in [6.07, 6.45) is 1.68. The van der Waals surface area contributed by atoms with E-state index < -0.39 is 0 Å². The molecule has 1 rings (SSSR count). The fraction of sp³-hybridized carbons (Fsp3) is 0.727. The van der Waals surface area contributed by atoms with Crippen molar-refractivity contribution in [2.75, 3.05) is 13.1 Å². The molecule has 1 heterocycles. The Labute approximate surface area is 85.4 Å². The molecule has 0 atom stereocenters. The van der Waals surface area contributed by atoms with Gasteiger partial charge in [-0.25, -0.2) is 0 Å². The molecule has 0 unspecified atom stereocenters. The van der Waals surface area contributed by atoms with Gasteiger partial charge >= 0.3 is 0 Å². The number of carbonyl (C=O) groups excluding carboxylic acids is 1. The average molecular weight is 197 g/mol. The van der Waals surface area contributed by atoms with Crippen molar-refractivity contribution in [2.24, 2.45) is 11.8 Å². The van der Waals surface area contributed by atoms with Crippen LogP contribution in [0, 0.1) is 11.8 Å². The number of nitrogens with zero attached hydrogens (tertiary/aromatic N) is 1. The summed E-state index contributed by atoms with van der Waals surface area (Å²) in [7, 11) is 0. The van der Waals surface area contributed by atoms with Crippen LogP contribution in [0.4, 0.5) is 0 Å². The first-order valence-corrected chi connectivity index (χ1v) is 5.19. The van der Waals surface area contributed by atoms with Crippen molar-refractivity contribution < 1.29 is 9.90 Å². The molecule has 80 valence electrons. The predicted octanol–water partition coefficient (Wildman–Crippen LogP) is 1.95. The Morgan fingerprint density at radius 3 is 2.29 bits per heavy atom. The van der Waals surface area contributed by atoms with Crippen LogP contribution in [-0.2, 0) is 4.79 Å². The smallest absolute Gasteiger partial charge is 0.225 e. The van der Waals surface area contributed by atoms with E-state index in [0.29, 0.717) is 0 Å². The lowest BCUT2D eigenvalue weighted by Crippen LogP contribution is -2.40. The van der Waals surface area contributed by atoms with Crippen molar-refractivity contribution in [3.8, 4) is 0 Å². The highest BCUT2D eigenvalue weighted by molar-refractivity contribution is 5.78. The first kappa shape index (κ1) is 11.1. The van der Waals surface area contributed by atoms with Crippen LogP contribution in [-0.4, -0.2) is 29.0 Å². The topological polar surface area (TPSA) is 40.5 Å². The average Bonchev–Trinajstić information content (AvgIpc) is 2.16. The molecule has 0 aromatic heterocycles. The van der Waals surface area contributed by atoms with Gasteiger partial charge in [0.25, 0.3) is 0 Å². The third-order valence-electron chi connectivity index (χ3n) is 2.77. The van der Waals surface area contributed by atoms with Gasteiger partial charge in [-0.1, -0.05) is 20.4 Å². The van der Waals surface area contributed by atoms with Gasteiger partial charge in [0, 0.05) is 24.9 Å². The van der Waals surface area contributed by atoms with E-state index in [1.165, 1.54) is 0 Å². The number of rotatable bonds is 2. The molecule has 1 saturated heterocycles. The second-order valence-corrected chi connectivity index (χ2v) is 4.25. The van der Waals surface area contributed by atoms with Crippen molar-refractivity contribution >= 4 is 5.91 Å². The normalized spacial score (nSPS) is 18.6. The quantitative estimate of drug-likeness (QED) is 0.687. The largest absolute Gasteiger partial charge is 0.513 e. The van der Waals surface area contributed by atoms with Crippen LogP contribution in [0.15, 0.2) is 12.3 Å². The molecule has 1 N–H and O–H groups in total. The van der Waals surface area contributed by atoms with Gasteiger partial charge in [0.1, 0.15) is 0 Å². The molecule has 0 aromatic carbocycles. The van der Waals surface area contributed by atoms with Gasteiger partial charge in [0.15, 0.2) is 0 Å². The molecule has 0 spiro atoms. The van der Waals surface area contributed by atoms with Crippen LogP contribution in [0.2, 0.25) is 0 Å². The third-order valence-corrected chi connectivity index (χ3v) is 2.77. The molecule has 0 saturated carbocycles. The number of carbonyl (C=O) groups is 1. The summed E-state index contributed by atoms with van der Waals surface area (Å²) in [5.74, 6) is 0.740. The number of aliphatic hydroxyl groups excluding tert-OH is 1. The Morgan fingerprint density at radius 1 is 1.43 bits per heavy atom. The van der Waals surface area contributed by atoms with Gasteiger partial charge in [-0.15, -0.1) is 0 Å². The molecule has 0 aromatic rings. The van der Waals surface area contributed by atoms with Gasteiger partial charge in [0.2, 0.25) is 5.91 Å². The Hall–Kier alpha value is -0.990. The number of piperidine rings is 1. The molecule has 1 aliphatic rings. The number of hydrogen-bond donors (Lipinski definition) is 1. The summed E-state index contributed by atoms with van der Waals surface area (Å²) < 4.78 is 0. The Balaban J connectivity index is 2.43. The maximum Gasteiger partial charge on any atom is 0.225 e. The fourth-order valence-electron chi connectivity index (χ4n) is 1.80. The number of hydrogen-bond acceptors (Lipinski definition) is 2. The van der Waals surface area contributed by atoms with Gasteiger partial charge in [-0.2, -0.15) is 0 Å². The number of amides is 1. The van der Waals surface area contributed by atoms with Gasteiger partial charge in [-0.05, 0) is 12.8 Å². The summed E-state index contributed by atoms with van der Waals surface area (Å²) in [5, 5.41) is 9.21. The van der Waals surface area contributed by atoms with Crippen molar-refractivity contribution in [3.05, 3.63) is 12.3 Å². The monoisotopic (exact) mass is 197 g/mol. The van der Waals surface area contributed by atoms with Gasteiger partial charge in [-0.3, -0.25) is 4.79 Å². The molecule has 1 aliphatic heterocycles. The summed E-state index contributed by atoms with van der Waals surface area (Å²) in [6.45, 7) is 8.87. The molecule has 0 aliphatic carbocycles. The van der Waals surface area contributed by atoms with Crippen molar-refractivity contribution in [3.63, 3.8) is 0 Å². The zero-order valence-electron chi connectivity index (χ0n) is 8.99. The van der Waals surface area contributed by atoms with Crippen molar-refractivity contribution in [2.45, 2.75) is 26.7 Å². The van der Waals surface area contributed by atoms with E-state index >= 15 is 0 Å². The summed E-state index contributed by atoms with van der Waals surface area (Å²) >= 11 is 0. The lowest BCUT2D eigenvalue weighted by molar-refractivity contribution is -0.135. The Kier molecular flexibility index (Phi) is 3.55. The van der Waals surface area contributed by atoms with Crippen LogP contribution in [0.25, 0.3) is 0 Å². The van der Waals surface area contributed by atoms with E-state index in [0.717, 1.165) is 25.9 Å². The summed E-state index contributed by atoms with van der Waals surface area (Å²) in [5.41, 5.74) is 0. The van der Waals surface area contributed by atoms with Gasteiger partial charge in [0.05, 0.1) is 5.76 Å². The van der Waals surface area contributed by atoms with Crippen LogP contribution >= 0.6 is 0 Å². The summed E-state index contributed by atoms with van der Waals surface area (Å²) in [4.78, 5) is 13.5. The SMILES string of the molecule is C=C(O)C1CCN(C(=O)C(C)C)CC1. The molecule has 0 radical (unpaired) electrons. The molecule has 1 amide bonds. The van der Waals surface area contributed by atoms with E-state index in [1.807, 2.05) is 18.7 Å². The predicted molar refractivity (Wildman–Crippen MR) is 55.9 cm³/mol. The lowest BCUT2D eigenvalue weighted by atomic mass is 9.95. The maximum atomic E-state index is 11.6. The number of aliphatic hydroxyl groups is 1. The van der Waals surface area contributed by atoms with E-state index in [9.17, 15) is 9.90 Å². The third kappa shape index (κ3) is 2.50. The van der Waals surface area contributed by atoms with Crippen molar-refractivity contribution in [1.82, 2.24) is 4.90 Å². The molecular weight excluding hydrogens is 178 g/mol. The molecular formula is C11H19NO2. The van der Waals surface area contributed by atoms with Crippen LogP contribution < -0.4 is 0 Å². The van der Waals surface area contributed by atoms with E-state index in [1.54, 1.807) is 0 Å². The Morgan fingerprint density at radius 2 is 1.93 bits per heavy atom. The zero-order chi connectivity index (χ0) is 10.7. The molecule has 3 nitrogen and oxygen atoms in total. The minimum Gasteiger partial charge on any atom is -0.513 e. The molecule has 1 fully saturated rings.